The van der Waals surface area contributed by atoms with Gasteiger partial charge in [-0.05, 0) is 143 Å². The zero-order valence-electron chi connectivity index (χ0n) is 27.9. The lowest BCUT2D eigenvalue weighted by molar-refractivity contribution is 0.620. The topological polar surface area (TPSA) is 0 Å². The summed E-state index contributed by atoms with van der Waals surface area (Å²) >= 11 is 11.5. The molecule has 4 rings (SSSR count). The fraction of sp³-hybridized carbons (Fsp3) is 0.400. The summed E-state index contributed by atoms with van der Waals surface area (Å²) in [6.07, 6.45) is 4.53. The Labute approximate surface area is 295 Å². The van der Waals surface area contributed by atoms with Gasteiger partial charge in [-0.2, -0.15) is 0 Å². The van der Waals surface area contributed by atoms with Gasteiger partial charge in [0.1, 0.15) is 5.82 Å². The van der Waals surface area contributed by atoms with Gasteiger partial charge in [0, 0.05) is 13.1 Å². The molecule has 0 unspecified atom stereocenters. The van der Waals surface area contributed by atoms with E-state index in [-0.39, 0.29) is 5.82 Å². The minimum Gasteiger partial charge on any atom is -0.207 e. The van der Waals surface area contributed by atoms with E-state index in [0.717, 1.165) is 40.1 Å². The average molecular weight is 794 g/mol. The lowest BCUT2D eigenvalue weighted by Crippen LogP contribution is -1.93. The maximum absolute atomic E-state index is 12.4. The van der Waals surface area contributed by atoms with Crippen LogP contribution in [0.5, 0.6) is 0 Å². The first-order chi connectivity index (χ1) is 20.7. The molecule has 0 atom stereocenters. The fourth-order valence-corrected chi connectivity index (χ4v) is 5.12. The third-order valence-corrected chi connectivity index (χ3v) is 7.73. The minimum absolute atomic E-state index is 0.155. The van der Waals surface area contributed by atoms with Gasteiger partial charge in [-0.15, -0.1) is 0 Å². The number of benzene rings is 4. The van der Waals surface area contributed by atoms with Crippen LogP contribution in [0, 0.1) is 33.1 Å². The summed E-state index contributed by atoms with van der Waals surface area (Å²) < 4.78 is 14.9. The first-order valence-corrected chi connectivity index (χ1v) is 18.0. The standard InChI is InChI=1S/C10H13Br.C10H13Cl.C10H13F.C10H13I/c4*1-8(2)7-9-3-5-10(11)6-4-9/h4*3-6,8H,7H2,1-2H3. The third kappa shape index (κ3) is 21.1. The number of hydrogen-bond donors (Lipinski definition) is 0. The van der Waals surface area contributed by atoms with Crippen LogP contribution in [0.1, 0.15) is 77.6 Å². The van der Waals surface area contributed by atoms with Gasteiger partial charge < -0.3 is 0 Å². The third-order valence-electron chi connectivity index (χ3n) is 6.23. The van der Waals surface area contributed by atoms with E-state index in [1.807, 2.05) is 24.3 Å². The van der Waals surface area contributed by atoms with E-state index in [0.29, 0.717) is 5.92 Å². The second-order valence-electron chi connectivity index (χ2n) is 12.9. The molecule has 0 aromatic heterocycles. The molecule has 240 valence electrons. The Hall–Kier alpha value is -1.69. The Morgan fingerprint density at radius 2 is 0.773 bits per heavy atom. The zero-order valence-corrected chi connectivity index (χ0v) is 32.4. The van der Waals surface area contributed by atoms with Crippen LogP contribution >= 0.6 is 50.1 Å². The van der Waals surface area contributed by atoms with E-state index >= 15 is 0 Å². The van der Waals surface area contributed by atoms with Crippen molar-refractivity contribution in [2.24, 2.45) is 23.7 Å². The molecule has 0 saturated carbocycles. The van der Waals surface area contributed by atoms with E-state index in [2.05, 4.69) is 155 Å². The highest BCUT2D eigenvalue weighted by Crippen LogP contribution is 2.14. The molecule has 0 aliphatic carbocycles. The normalized spacial score (nSPS) is 10.5. The lowest BCUT2D eigenvalue weighted by atomic mass is 10.0. The molecule has 0 spiro atoms. The van der Waals surface area contributed by atoms with Crippen molar-refractivity contribution in [1.82, 2.24) is 0 Å². The summed E-state index contributed by atoms with van der Waals surface area (Å²) in [5.74, 6) is 2.71. The van der Waals surface area contributed by atoms with Crippen LogP contribution in [-0.4, -0.2) is 0 Å². The van der Waals surface area contributed by atoms with Gasteiger partial charge in [0.15, 0.2) is 0 Å². The van der Waals surface area contributed by atoms with Crippen LogP contribution in [0.25, 0.3) is 0 Å². The minimum atomic E-state index is -0.155. The molecule has 4 heteroatoms. The highest BCUT2D eigenvalue weighted by molar-refractivity contribution is 14.1. The van der Waals surface area contributed by atoms with Crippen molar-refractivity contribution in [3.8, 4) is 0 Å². The molecular formula is C40H52BrClFI. The first-order valence-electron chi connectivity index (χ1n) is 15.7. The van der Waals surface area contributed by atoms with Crippen LogP contribution in [0.3, 0.4) is 0 Å². The zero-order chi connectivity index (χ0) is 33.1. The molecular weight excluding hydrogens is 742 g/mol. The fourth-order valence-electron chi connectivity index (χ4n) is 4.37. The van der Waals surface area contributed by atoms with Crippen molar-refractivity contribution in [2.45, 2.75) is 81.1 Å². The van der Waals surface area contributed by atoms with E-state index < -0.39 is 0 Å². The Bertz CT molecular complexity index is 1060. The molecule has 0 bridgehead atoms. The van der Waals surface area contributed by atoms with Crippen molar-refractivity contribution in [1.29, 1.82) is 0 Å². The Balaban J connectivity index is 0.000000293. The molecule has 4 aromatic rings. The van der Waals surface area contributed by atoms with Crippen molar-refractivity contribution in [3.05, 3.63) is 138 Å². The van der Waals surface area contributed by atoms with E-state index in [4.69, 9.17) is 11.6 Å². The number of halogens is 4. The van der Waals surface area contributed by atoms with E-state index in [1.54, 1.807) is 0 Å². The Morgan fingerprint density at radius 1 is 0.500 bits per heavy atom. The van der Waals surface area contributed by atoms with Crippen LogP contribution in [-0.2, 0) is 25.7 Å². The van der Waals surface area contributed by atoms with Gasteiger partial charge in [-0.3, -0.25) is 0 Å². The molecule has 0 amide bonds. The molecule has 4 aromatic carbocycles. The number of rotatable bonds is 8. The molecule has 44 heavy (non-hydrogen) atoms. The summed E-state index contributed by atoms with van der Waals surface area (Å²) in [5.41, 5.74) is 5.44. The molecule has 0 radical (unpaired) electrons. The lowest BCUT2D eigenvalue weighted by Gasteiger charge is -2.03. The van der Waals surface area contributed by atoms with Crippen molar-refractivity contribution in [2.75, 3.05) is 0 Å². The van der Waals surface area contributed by atoms with Gasteiger partial charge in [0.25, 0.3) is 0 Å². The maximum Gasteiger partial charge on any atom is 0.123 e. The summed E-state index contributed by atoms with van der Waals surface area (Å²) in [6, 6.07) is 32.0. The summed E-state index contributed by atoms with van der Waals surface area (Å²) in [5, 5.41) is 0.817. The van der Waals surface area contributed by atoms with Crippen LogP contribution in [0.4, 0.5) is 4.39 Å². The van der Waals surface area contributed by atoms with Gasteiger partial charge >= 0.3 is 0 Å². The van der Waals surface area contributed by atoms with Gasteiger partial charge in [-0.25, -0.2) is 4.39 Å². The summed E-state index contributed by atoms with van der Waals surface area (Å²) in [4.78, 5) is 0. The second-order valence-corrected chi connectivity index (χ2v) is 15.5. The van der Waals surface area contributed by atoms with Crippen molar-refractivity contribution in [3.63, 3.8) is 0 Å². The monoisotopic (exact) mass is 792 g/mol. The quantitative estimate of drug-likeness (QED) is 0.156. The summed E-state index contributed by atoms with van der Waals surface area (Å²) in [6.45, 7) is 17.7. The first kappa shape index (κ1) is 40.3. The Kier molecular flexibility index (Phi) is 20.9. The highest BCUT2D eigenvalue weighted by Gasteiger charge is 1.99. The van der Waals surface area contributed by atoms with Crippen molar-refractivity contribution >= 4 is 50.1 Å². The molecule has 0 nitrogen and oxygen atoms in total. The predicted molar refractivity (Wildman–Crippen MR) is 205 cm³/mol. The van der Waals surface area contributed by atoms with Gasteiger partial charge in [0.05, 0.1) is 0 Å². The largest absolute Gasteiger partial charge is 0.207 e. The number of hydrogen-bond acceptors (Lipinski definition) is 0. The molecule has 0 saturated heterocycles. The smallest absolute Gasteiger partial charge is 0.123 e. The second kappa shape index (κ2) is 22.8. The summed E-state index contributed by atoms with van der Waals surface area (Å²) in [7, 11) is 0. The molecule has 0 fully saturated rings. The molecule has 0 aliphatic rings. The molecule has 0 N–H and O–H groups in total. The predicted octanol–water partition coefficient (Wildman–Crippen LogP) is 13.7. The average Bonchev–Trinajstić information content (AvgIpc) is 2.94. The van der Waals surface area contributed by atoms with Crippen LogP contribution in [0.2, 0.25) is 5.02 Å². The van der Waals surface area contributed by atoms with E-state index in [1.165, 1.54) is 50.8 Å². The molecule has 0 aliphatic heterocycles. The van der Waals surface area contributed by atoms with E-state index in [9.17, 15) is 4.39 Å². The van der Waals surface area contributed by atoms with Gasteiger partial charge in [0.2, 0.25) is 0 Å². The SMILES string of the molecule is CC(C)Cc1ccc(Br)cc1.CC(C)Cc1ccc(Cl)cc1.CC(C)Cc1ccc(F)cc1.CC(C)Cc1ccc(I)cc1. The van der Waals surface area contributed by atoms with Crippen LogP contribution in [0.15, 0.2) is 102 Å². The van der Waals surface area contributed by atoms with Crippen LogP contribution < -0.4 is 0 Å². The van der Waals surface area contributed by atoms with Gasteiger partial charge in [-0.1, -0.05) is 131 Å². The molecule has 0 heterocycles. The Morgan fingerprint density at radius 3 is 1.09 bits per heavy atom. The van der Waals surface area contributed by atoms with Crippen molar-refractivity contribution < 1.29 is 4.39 Å². The maximum atomic E-state index is 12.4. The highest BCUT2D eigenvalue weighted by atomic mass is 127.